The molecule has 0 aliphatic carbocycles. The molecule has 0 saturated heterocycles. The largest absolute Gasteiger partial charge is 0.463 e. The summed E-state index contributed by atoms with van der Waals surface area (Å²) in [5, 5.41) is 18.9. The molecule has 1 heterocycles. The van der Waals surface area contributed by atoms with Gasteiger partial charge in [-0.1, -0.05) is 39.0 Å². The Morgan fingerprint density at radius 1 is 0.882 bits per heavy atom. The first-order valence-electron chi connectivity index (χ1n) is 11.3. The summed E-state index contributed by atoms with van der Waals surface area (Å²) in [6.07, 6.45) is 4.26. The van der Waals surface area contributed by atoms with Gasteiger partial charge in [0.15, 0.2) is 6.10 Å². The zero-order valence-corrected chi connectivity index (χ0v) is 19.7. The van der Waals surface area contributed by atoms with Crippen molar-refractivity contribution in [2.24, 2.45) is 0 Å². The van der Waals surface area contributed by atoms with Crippen molar-refractivity contribution in [2.75, 3.05) is 26.4 Å². The SMILES string of the molecule is CCCCCCCCC(=O)OCC(O)COC(=O)c1ccc(C(=O)OCC(CO)OC(C)=O)o1. The Morgan fingerprint density at radius 2 is 1.44 bits per heavy atom. The fraction of sp³-hybridized carbons (Fsp3) is 0.652. The summed E-state index contributed by atoms with van der Waals surface area (Å²) in [7, 11) is 0. The predicted molar refractivity (Wildman–Crippen MR) is 117 cm³/mol. The molecule has 2 atom stereocenters. The van der Waals surface area contributed by atoms with Crippen LogP contribution in [0.15, 0.2) is 16.5 Å². The Bertz CT molecular complexity index is 771. The van der Waals surface area contributed by atoms with E-state index in [4.69, 9.17) is 28.5 Å². The maximum Gasteiger partial charge on any atom is 0.374 e. The Hall–Kier alpha value is -2.92. The number of rotatable bonds is 17. The normalized spacial score (nSPS) is 12.5. The number of carbonyl (C=O) groups excluding carboxylic acids is 4. The lowest BCUT2D eigenvalue weighted by Crippen LogP contribution is -2.27. The van der Waals surface area contributed by atoms with Crippen molar-refractivity contribution >= 4 is 23.9 Å². The number of aliphatic hydroxyl groups is 2. The Labute approximate surface area is 198 Å². The van der Waals surface area contributed by atoms with Crippen LogP contribution in [-0.2, 0) is 28.5 Å². The van der Waals surface area contributed by atoms with Gasteiger partial charge in [-0.25, -0.2) is 9.59 Å². The van der Waals surface area contributed by atoms with E-state index in [9.17, 15) is 24.3 Å². The number of aliphatic hydroxyl groups excluding tert-OH is 2. The topological polar surface area (TPSA) is 159 Å². The molecule has 0 aliphatic rings. The smallest absolute Gasteiger partial charge is 0.374 e. The third kappa shape index (κ3) is 12.4. The highest BCUT2D eigenvalue weighted by Crippen LogP contribution is 2.12. The molecule has 1 aromatic rings. The molecule has 11 nitrogen and oxygen atoms in total. The molecule has 0 bridgehead atoms. The average molecular weight is 487 g/mol. The summed E-state index contributed by atoms with van der Waals surface area (Å²) in [5.41, 5.74) is 0. The van der Waals surface area contributed by atoms with Gasteiger partial charge in [0.25, 0.3) is 0 Å². The summed E-state index contributed by atoms with van der Waals surface area (Å²) in [6, 6.07) is 2.36. The first-order chi connectivity index (χ1) is 16.3. The highest BCUT2D eigenvalue weighted by atomic mass is 16.6. The van der Waals surface area contributed by atoms with Gasteiger partial charge >= 0.3 is 23.9 Å². The van der Waals surface area contributed by atoms with Crippen LogP contribution in [0.5, 0.6) is 0 Å². The lowest BCUT2D eigenvalue weighted by Gasteiger charge is -2.13. The minimum absolute atomic E-state index is 0.268. The van der Waals surface area contributed by atoms with Crippen LogP contribution in [0.1, 0.15) is 79.9 Å². The second kappa shape index (κ2) is 16.7. The molecule has 0 saturated carbocycles. The van der Waals surface area contributed by atoms with Gasteiger partial charge in [-0.05, 0) is 18.6 Å². The fourth-order valence-electron chi connectivity index (χ4n) is 2.76. The van der Waals surface area contributed by atoms with E-state index in [2.05, 4.69) is 6.92 Å². The van der Waals surface area contributed by atoms with Crippen molar-refractivity contribution in [3.63, 3.8) is 0 Å². The van der Waals surface area contributed by atoms with E-state index >= 15 is 0 Å². The summed E-state index contributed by atoms with van der Waals surface area (Å²) in [5.74, 6) is -3.57. The first kappa shape index (κ1) is 29.1. The van der Waals surface area contributed by atoms with Crippen molar-refractivity contribution in [2.45, 2.75) is 71.0 Å². The molecule has 0 amide bonds. The van der Waals surface area contributed by atoms with E-state index in [1.54, 1.807) is 0 Å². The second-order valence-corrected chi connectivity index (χ2v) is 7.63. The maximum atomic E-state index is 12.0. The predicted octanol–water partition coefficient (Wildman–Crippen LogP) is 2.17. The zero-order valence-electron chi connectivity index (χ0n) is 19.7. The van der Waals surface area contributed by atoms with Gasteiger partial charge in [-0.15, -0.1) is 0 Å². The fourth-order valence-corrected chi connectivity index (χ4v) is 2.76. The number of hydrogen-bond acceptors (Lipinski definition) is 11. The Morgan fingerprint density at radius 3 is 2.03 bits per heavy atom. The highest BCUT2D eigenvalue weighted by molar-refractivity contribution is 5.90. The van der Waals surface area contributed by atoms with Crippen LogP contribution in [0.25, 0.3) is 0 Å². The van der Waals surface area contributed by atoms with Crippen molar-refractivity contribution in [1.82, 2.24) is 0 Å². The first-order valence-corrected chi connectivity index (χ1v) is 11.3. The number of esters is 4. The monoisotopic (exact) mass is 486 g/mol. The van der Waals surface area contributed by atoms with Crippen LogP contribution in [0.2, 0.25) is 0 Å². The molecule has 0 radical (unpaired) electrons. The molecule has 34 heavy (non-hydrogen) atoms. The summed E-state index contributed by atoms with van der Waals surface area (Å²) >= 11 is 0. The van der Waals surface area contributed by atoms with E-state index in [-0.39, 0.29) is 24.5 Å². The highest BCUT2D eigenvalue weighted by Gasteiger charge is 2.21. The van der Waals surface area contributed by atoms with E-state index in [1.807, 2.05) is 0 Å². The molecule has 2 N–H and O–H groups in total. The number of furan rings is 1. The Kier molecular flexibility index (Phi) is 14.3. The molecular weight excluding hydrogens is 452 g/mol. The van der Waals surface area contributed by atoms with Crippen LogP contribution in [-0.4, -0.2) is 72.7 Å². The quantitative estimate of drug-likeness (QED) is 0.189. The molecule has 0 fully saturated rings. The maximum absolute atomic E-state index is 12.0. The van der Waals surface area contributed by atoms with Gasteiger partial charge < -0.3 is 33.6 Å². The molecule has 0 aliphatic heterocycles. The summed E-state index contributed by atoms with van der Waals surface area (Å²) in [4.78, 5) is 46.6. The molecule has 192 valence electrons. The van der Waals surface area contributed by atoms with Gasteiger partial charge in [0, 0.05) is 13.3 Å². The zero-order chi connectivity index (χ0) is 25.3. The Balaban J connectivity index is 2.30. The van der Waals surface area contributed by atoms with Crippen LogP contribution in [0.3, 0.4) is 0 Å². The minimum Gasteiger partial charge on any atom is -0.463 e. The van der Waals surface area contributed by atoms with Gasteiger partial charge in [0.05, 0.1) is 6.61 Å². The van der Waals surface area contributed by atoms with Crippen molar-refractivity contribution < 1.29 is 52.8 Å². The number of unbranched alkanes of at least 4 members (excludes halogenated alkanes) is 5. The van der Waals surface area contributed by atoms with Crippen molar-refractivity contribution in [1.29, 1.82) is 0 Å². The third-order valence-corrected chi connectivity index (χ3v) is 4.52. The van der Waals surface area contributed by atoms with Crippen molar-refractivity contribution in [3.05, 3.63) is 23.7 Å². The van der Waals surface area contributed by atoms with Gasteiger partial charge in [0.1, 0.15) is 25.9 Å². The lowest BCUT2D eigenvalue weighted by molar-refractivity contribution is -0.151. The van der Waals surface area contributed by atoms with Crippen LogP contribution in [0, 0.1) is 0 Å². The van der Waals surface area contributed by atoms with E-state index in [0.29, 0.717) is 0 Å². The van der Waals surface area contributed by atoms with Gasteiger partial charge in [-0.2, -0.15) is 0 Å². The number of ether oxygens (including phenoxy) is 4. The number of hydrogen-bond donors (Lipinski definition) is 2. The molecule has 0 aromatic carbocycles. The van der Waals surface area contributed by atoms with E-state index < -0.39 is 55.9 Å². The summed E-state index contributed by atoms with van der Waals surface area (Å²) in [6.45, 7) is 1.58. The number of carbonyl (C=O) groups is 4. The molecule has 2 unspecified atom stereocenters. The standard InChI is InChI=1S/C23H34O11/c1-3-4-5-6-7-8-9-21(27)30-13-17(26)14-31-22(28)19-10-11-20(34-19)23(29)32-15-18(12-24)33-16(2)25/h10-11,17-18,24,26H,3-9,12-15H2,1-2H3. The van der Waals surface area contributed by atoms with Gasteiger partial charge in [0.2, 0.25) is 11.5 Å². The molecule has 1 rings (SSSR count). The molecule has 0 spiro atoms. The third-order valence-electron chi connectivity index (χ3n) is 4.52. The van der Waals surface area contributed by atoms with Crippen molar-refractivity contribution in [3.8, 4) is 0 Å². The average Bonchev–Trinajstić information content (AvgIpc) is 3.31. The molecular formula is C23H34O11. The lowest BCUT2D eigenvalue weighted by atomic mass is 10.1. The van der Waals surface area contributed by atoms with Crippen LogP contribution in [0.4, 0.5) is 0 Å². The minimum atomic E-state index is -1.21. The summed E-state index contributed by atoms with van der Waals surface area (Å²) < 4.78 is 24.5. The van der Waals surface area contributed by atoms with E-state index in [1.165, 1.54) is 18.6 Å². The molecule has 11 heteroatoms. The van der Waals surface area contributed by atoms with Crippen LogP contribution < -0.4 is 0 Å². The molecule has 1 aromatic heterocycles. The van der Waals surface area contributed by atoms with Gasteiger partial charge in [-0.3, -0.25) is 9.59 Å². The second-order valence-electron chi connectivity index (χ2n) is 7.63. The van der Waals surface area contributed by atoms with E-state index in [0.717, 1.165) is 39.0 Å². The van der Waals surface area contributed by atoms with Crippen LogP contribution >= 0.6 is 0 Å².